The topological polar surface area (TPSA) is 50.9 Å². The lowest BCUT2D eigenvalue weighted by Gasteiger charge is -2.07. The van der Waals surface area contributed by atoms with Crippen molar-refractivity contribution in [3.8, 4) is 5.82 Å². The van der Waals surface area contributed by atoms with E-state index in [4.69, 9.17) is 0 Å². The minimum atomic E-state index is -0.488. The molecule has 4 heteroatoms. The Bertz CT molecular complexity index is 541. The summed E-state index contributed by atoms with van der Waals surface area (Å²) in [5.41, 5.74) is 4.27. The molecule has 0 aromatic carbocycles. The van der Waals surface area contributed by atoms with Gasteiger partial charge in [-0.3, -0.25) is 0 Å². The predicted molar refractivity (Wildman–Crippen MR) is 70.8 cm³/mol. The lowest BCUT2D eigenvalue weighted by molar-refractivity contribution is 0.199. The molecule has 0 saturated heterocycles. The first-order valence-electron chi connectivity index (χ1n) is 6.24. The van der Waals surface area contributed by atoms with Crippen LogP contribution in [0.15, 0.2) is 18.3 Å². The Morgan fingerprint density at radius 2 is 2.06 bits per heavy atom. The maximum absolute atomic E-state index is 9.46. The van der Waals surface area contributed by atoms with E-state index < -0.39 is 6.10 Å². The van der Waals surface area contributed by atoms with Crippen LogP contribution in [-0.2, 0) is 6.42 Å². The number of nitrogens with zero attached hydrogens (tertiary/aromatic N) is 3. The second-order valence-electron chi connectivity index (χ2n) is 4.54. The van der Waals surface area contributed by atoms with Crippen LogP contribution in [0.2, 0.25) is 0 Å². The molecule has 0 bridgehead atoms. The summed E-state index contributed by atoms with van der Waals surface area (Å²) in [4.78, 5) is 4.36. The van der Waals surface area contributed by atoms with E-state index in [0.717, 1.165) is 29.2 Å². The van der Waals surface area contributed by atoms with E-state index in [1.807, 2.05) is 23.7 Å². The molecule has 0 saturated carbocycles. The smallest absolute Gasteiger partial charge is 0.153 e. The molecule has 96 valence electrons. The Kier molecular flexibility index (Phi) is 3.48. The lowest BCUT2D eigenvalue weighted by Crippen LogP contribution is -2.03. The Morgan fingerprint density at radius 1 is 1.33 bits per heavy atom. The van der Waals surface area contributed by atoms with Gasteiger partial charge in [-0.2, -0.15) is 5.10 Å². The molecule has 0 fully saturated rings. The second kappa shape index (κ2) is 4.90. The number of aliphatic hydroxyl groups excluding tert-OH is 1. The van der Waals surface area contributed by atoms with Crippen molar-refractivity contribution in [1.29, 1.82) is 0 Å². The van der Waals surface area contributed by atoms with E-state index in [0.29, 0.717) is 0 Å². The SMILES string of the molecule is CCc1c(C)nn(-c2ccc(C(C)O)cn2)c1C. The van der Waals surface area contributed by atoms with E-state index in [1.165, 1.54) is 5.56 Å². The van der Waals surface area contributed by atoms with Gasteiger partial charge in [0, 0.05) is 11.9 Å². The van der Waals surface area contributed by atoms with E-state index in [1.54, 1.807) is 13.1 Å². The van der Waals surface area contributed by atoms with E-state index in [-0.39, 0.29) is 0 Å². The summed E-state index contributed by atoms with van der Waals surface area (Å²) in [6.45, 7) is 7.94. The molecule has 0 aliphatic carbocycles. The first-order chi connectivity index (χ1) is 8.54. The molecule has 2 aromatic rings. The zero-order chi connectivity index (χ0) is 13.3. The Hall–Kier alpha value is -1.68. The Morgan fingerprint density at radius 3 is 2.50 bits per heavy atom. The van der Waals surface area contributed by atoms with Crippen LogP contribution in [0.25, 0.3) is 5.82 Å². The van der Waals surface area contributed by atoms with Crippen LogP contribution in [0.1, 0.15) is 42.5 Å². The van der Waals surface area contributed by atoms with Gasteiger partial charge in [-0.1, -0.05) is 13.0 Å². The average molecular weight is 245 g/mol. The molecule has 0 spiro atoms. The summed E-state index contributed by atoms with van der Waals surface area (Å²) < 4.78 is 1.86. The highest BCUT2D eigenvalue weighted by molar-refractivity contribution is 5.33. The number of rotatable bonds is 3. The summed E-state index contributed by atoms with van der Waals surface area (Å²) in [5.74, 6) is 0.791. The van der Waals surface area contributed by atoms with Crippen LogP contribution in [0, 0.1) is 13.8 Å². The molecule has 0 aliphatic rings. The first-order valence-corrected chi connectivity index (χ1v) is 6.24. The molecular weight excluding hydrogens is 226 g/mol. The van der Waals surface area contributed by atoms with Crippen LogP contribution in [0.4, 0.5) is 0 Å². The van der Waals surface area contributed by atoms with Gasteiger partial charge in [0.1, 0.15) is 0 Å². The fourth-order valence-electron chi connectivity index (χ4n) is 2.18. The number of aliphatic hydroxyl groups is 1. The molecule has 0 radical (unpaired) electrons. The van der Waals surface area contributed by atoms with Gasteiger partial charge in [-0.15, -0.1) is 0 Å². The van der Waals surface area contributed by atoms with Crippen molar-refractivity contribution in [1.82, 2.24) is 14.8 Å². The number of hydrogen-bond acceptors (Lipinski definition) is 3. The van der Waals surface area contributed by atoms with Gasteiger partial charge < -0.3 is 5.11 Å². The molecule has 18 heavy (non-hydrogen) atoms. The number of aromatic nitrogens is 3. The van der Waals surface area contributed by atoms with Crippen molar-refractivity contribution < 1.29 is 5.11 Å². The van der Waals surface area contributed by atoms with Crippen molar-refractivity contribution in [2.45, 2.75) is 40.2 Å². The van der Waals surface area contributed by atoms with Crippen molar-refractivity contribution in [2.75, 3.05) is 0 Å². The van der Waals surface area contributed by atoms with Crippen molar-refractivity contribution in [3.05, 3.63) is 40.8 Å². The average Bonchev–Trinajstić information content (AvgIpc) is 2.64. The molecule has 1 N–H and O–H groups in total. The summed E-state index contributed by atoms with van der Waals surface area (Å²) in [6.07, 6.45) is 2.18. The fraction of sp³-hybridized carbons (Fsp3) is 0.429. The van der Waals surface area contributed by atoms with Gasteiger partial charge in [-0.05, 0) is 44.4 Å². The zero-order valence-corrected chi connectivity index (χ0v) is 11.3. The Labute approximate surface area is 107 Å². The number of pyridine rings is 1. The second-order valence-corrected chi connectivity index (χ2v) is 4.54. The molecule has 1 unspecified atom stereocenters. The van der Waals surface area contributed by atoms with Gasteiger partial charge in [0.25, 0.3) is 0 Å². The summed E-state index contributed by atoms with van der Waals surface area (Å²) in [5, 5.41) is 14.0. The van der Waals surface area contributed by atoms with Gasteiger partial charge in [0.15, 0.2) is 5.82 Å². The Balaban J connectivity index is 2.43. The van der Waals surface area contributed by atoms with Gasteiger partial charge in [0.2, 0.25) is 0 Å². The quantitative estimate of drug-likeness (QED) is 0.904. The lowest BCUT2D eigenvalue weighted by atomic mass is 10.1. The highest BCUT2D eigenvalue weighted by Crippen LogP contribution is 2.18. The van der Waals surface area contributed by atoms with Gasteiger partial charge in [0.05, 0.1) is 11.8 Å². The molecule has 0 amide bonds. The third kappa shape index (κ3) is 2.16. The molecule has 2 heterocycles. The summed E-state index contributed by atoms with van der Waals surface area (Å²) in [6, 6.07) is 3.77. The third-order valence-electron chi connectivity index (χ3n) is 3.26. The summed E-state index contributed by atoms with van der Waals surface area (Å²) in [7, 11) is 0. The molecular formula is C14H19N3O. The van der Waals surface area contributed by atoms with E-state index in [9.17, 15) is 5.11 Å². The molecule has 1 atom stereocenters. The number of hydrogen-bond donors (Lipinski definition) is 1. The minimum Gasteiger partial charge on any atom is -0.389 e. The number of aryl methyl sites for hydroxylation is 1. The maximum Gasteiger partial charge on any atom is 0.153 e. The van der Waals surface area contributed by atoms with Crippen LogP contribution in [0.5, 0.6) is 0 Å². The van der Waals surface area contributed by atoms with Gasteiger partial charge >= 0.3 is 0 Å². The largest absolute Gasteiger partial charge is 0.389 e. The van der Waals surface area contributed by atoms with E-state index in [2.05, 4.69) is 23.9 Å². The highest BCUT2D eigenvalue weighted by atomic mass is 16.3. The highest BCUT2D eigenvalue weighted by Gasteiger charge is 2.12. The van der Waals surface area contributed by atoms with Gasteiger partial charge in [-0.25, -0.2) is 9.67 Å². The molecule has 4 nitrogen and oxygen atoms in total. The minimum absolute atomic E-state index is 0.488. The third-order valence-corrected chi connectivity index (χ3v) is 3.26. The fourth-order valence-corrected chi connectivity index (χ4v) is 2.18. The first kappa shape index (κ1) is 12.8. The van der Waals surface area contributed by atoms with Crippen LogP contribution < -0.4 is 0 Å². The van der Waals surface area contributed by atoms with Crippen molar-refractivity contribution in [3.63, 3.8) is 0 Å². The predicted octanol–water partition coefficient (Wildman–Crippen LogP) is 2.50. The van der Waals surface area contributed by atoms with Crippen LogP contribution in [-0.4, -0.2) is 19.9 Å². The van der Waals surface area contributed by atoms with Crippen LogP contribution >= 0.6 is 0 Å². The monoisotopic (exact) mass is 245 g/mol. The molecule has 0 aliphatic heterocycles. The van der Waals surface area contributed by atoms with Crippen molar-refractivity contribution in [2.24, 2.45) is 0 Å². The maximum atomic E-state index is 9.46. The van der Waals surface area contributed by atoms with E-state index >= 15 is 0 Å². The zero-order valence-electron chi connectivity index (χ0n) is 11.3. The van der Waals surface area contributed by atoms with Crippen molar-refractivity contribution >= 4 is 0 Å². The summed E-state index contributed by atoms with van der Waals surface area (Å²) >= 11 is 0. The normalized spacial score (nSPS) is 12.7. The standard InChI is InChI=1S/C14H19N3O/c1-5-13-9(2)16-17(10(13)3)14-7-6-12(8-15-14)11(4)18/h6-8,11,18H,5H2,1-4H3. The molecule has 2 aromatic heterocycles. The van der Waals surface area contributed by atoms with Crippen LogP contribution in [0.3, 0.4) is 0 Å². The molecule has 2 rings (SSSR count).